The van der Waals surface area contributed by atoms with Crippen molar-refractivity contribution in [3.8, 4) is 0 Å². The van der Waals surface area contributed by atoms with Crippen molar-refractivity contribution in [2.75, 3.05) is 29.9 Å². The van der Waals surface area contributed by atoms with Gasteiger partial charge >= 0.3 is 0 Å². The number of rotatable bonds is 6. The number of hydrogen-bond donors (Lipinski definition) is 2. The molecule has 0 aliphatic carbocycles. The van der Waals surface area contributed by atoms with Crippen LogP contribution in [0.5, 0.6) is 0 Å². The molecule has 0 saturated carbocycles. The topological polar surface area (TPSA) is 64.9 Å². The third-order valence-electron chi connectivity index (χ3n) is 4.61. The lowest BCUT2D eigenvalue weighted by atomic mass is 10.1. The van der Waals surface area contributed by atoms with Crippen LogP contribution in [-0.4, -0.2) is 43.0 Å². The van der Waals surface area contributed by atoms with Crippen molar-refractivity contribution in [3.05, 3.63) is 58.6 Å². The molecule has 0 bridgehead atoms. The van der Waals surface area contributed by atoms with Gasteiger partial charge in [-0.2, -0.15) is 0 Å². The van der Waals surface area contributed by atoms with Crippen molar-refractivity contribution in [3.63, 3.8) is 0 Å². The van der Waals surface area contributed by atoms with Gasteiger partial charge in [-0.05, 0) is 44.0 Å². The van der Waals surface area contributed by atoms with E-state index < -0.39 is 0 Å². The smallest absolute Gasteiger partial charge is 0.257 e. The number of nitrogens with zero attached hydrogens (tertiary/aromatic N) is 2. The van der Waals surface area contributed by atoms with Crippen molar-refractivity contribution in [1.82, 2.24) is 0 Å². The molecule has 1 fully saturated rings. The number of aliphatic hydroxyl groups excluding tert-OH is 1. The molecular formula is C21H24ClN3O2. The number of nitrogens with one attached hydrogen (secondary N) is 1. The van der Waals surface area contributed by atoms with E-state index in [0.29, 0.717) is 16.3 Å². The number of para-hydroxylation sites is 1. The summed E-state index contributed by atoms with van der Waals surface area (Å²) in [6.45, 7) is 3.85. The number of benzene rings is 2. The Kier molecular flexibility index (Phi) is 6.48. The van der Waals surface area contributed by atoms with E-state index in [1.807, 2.05) is 43.3 Å². The summed E-state index contributed by atoms with van der Waals surface area (Å²) >= 11 is 6.39. The molecule has 2 N–H and O–H groups in total. The molecule has 1 amide bonds. The lowest BCUT2D eigenvalue weighted by Crippen LogP contribution is -2.18. The molecule has 1 saturated heterocycles. The molecule has 1 aliphatic rings. The van der Waals surface area contributed by atoms with E-state index in [1.54, 1.807) is 12.3 Å². The maximum atomic E-state index is 12.7. The molecule has 27 heavy (non-hydrogen) atoms. The van der Waals surface area contributed by atoms with E-state index in [1.165, 1.54) is 12.8 Å². The maximum absolute atomic E-state index is 12.7. The Balaban J connectivity index is 1.77. The van der Waals surface area contributed by atoms with Crippen LogP contribution in [0.2, 0.25) is 5.02 Å². The molecule has 1 heterocycles. The molecule has 1 unspecified atom stereocenters. The summed E-state index contributed by atoms with van der Waals surface area (Å²) in [5.74, 6) is -0.260. The van der Waals surface area contributed by atoms with Gasteiger partial charge in [-0.15, -0.1) is 0 Å². The largest absolute Gasteiger partial charge is 0.394 e. The lowest BCUT2D eigenvalue weighted by Gasteiger charge is -2.18. The Morgan fingerprint density at radius 3 is 2.74 bits per heavy atom. The fraction of sp³-hybridized carbons (Fsp3) is 0.333. The summed E-state index contributed by atoms with van der Waals surface area (Å²) in [5, 5.41) is 12.5. The van der Waals surface area contributed by atoms with Gasteiger partial charge in [0.05, 0.1) is 23.2 Å². The third kappa shape index (κ3) is 4.87. The Morgan fingerprint density at radius 1 is 1.30 bits per heavy atom. The molecule has 0 radical (unpaired) electrons. The van der Waals surface area contributed by atoms with Crippen molar-refractivity contribution < 1.29 is 9.90 Å². The van der Waals surface area contributed by atoms with Gasteiger partial charge in [0.1, 0.15) is 0 Å². The first kappa shape index (κ1) is 19.4. The highest BCUT2D eigenvalue weighted by atomic mass is 35.5. The van der Waals surface area contributed by atoms with Crippen LogP contribution in [0.4, 0.5) is 11.4 Å². The average molecular weight is 386 g/mol. The summed E-state index contributed by atoms with van der Waals surface area (Å²) < 4.78 is 0. The van der Waals surface area contributed by atoms with Gasteiger partial charge in [0.15, 0.2) is 0 Å². The van der Waals surface area contributed by atoms with Gasteiger partial charge in [0.25, 0.3) is 5.91 Å². The van der Waals surface area contributed by atoms with Crippen LogP contribution in [-0.2, 0) is 0 Å². The predicted molar refractivity (Wildman–Crippen MR) is 111 cm³/mol. The van der Waals surface area contributed by atoms with Gasteiger partial charge in [-0.3, -0.25) is 9.79 Å². The Bertz CT molecular complexity index is 832. The molecule has 142 valence electrons. The van der Waals surface area contributed by atoms with Crippen LogP contribution >= 0.6 is 11.6 Å². The molecule has 2 aromatic carbocycles. The van der Waals surface area contributed by atoms with Gasteiger partial charge in [0, 0.05) is 36.2 Å². The first-order valence-electron chi connectivity index (χ1n) is 9.17. The minimum Gasteiger partial charge on any atom is -0.394 e. The Hall–Kier alpha value is -2.37. The van der Waals surface area contributed by atoms with E-state index >= 15 is 0 Å². The Labute approximate surface area is 164 Å². The quantitative estimate of drug-likeness (QED) is 0.739. The molecule has 1 aliphatic heterocycles. The molecular weight excluding hydrogens is 362 g/mol. The van der Waals surface area contributed by atoms with E-state index in [2.05, 4.69) is 15.2 Å². The van der Waals surface area contributed by atoms with Crippen molar-refractivity contribution in [2.24, 2.45) is 4.99 Å². The molecule has 1 atom stereocenters. The van der Waals surface area contributed by atoms with Crippen molar-refractivity contribution in [2.45, 2.75) is 25.8 Å². The summed E-state index contributed by atoms with van der Waals surface area (Å²) in [7, 11) is 0. The number of aliphatic hydroxyl groups is 1. The highest BCUT2D eigenvalue weighted by molar-refractivity contribution is 6.34. The number of carbonyl (C=O) groups excluding carboxylic acids is 1. The maximum Gasteiger partial charge on any atom is 0.257 e. The zero-order chi connectivity index (χ0) is 19.2. The highest BCUT2D eigenvalue weighted by Crippen LogP contribution is 2.27. The fourth-order valence-electron chi connectivity index (χ4n) is 3.03. The second kappa shape index (κ2) is 9.02. The Morgan fingerprint density at radius 2 is 2.04 bits per heavy atom. The van der Waals surface area contributed by atoms with Crippen LogP contribution in [0.15, 0.2) is 47.5 Å². The molecule has 0 spiro atoms. The van der Waals surface area contributed by atoms with Crippen LogP contribution in [0, 0.1) is 0 Å². The second-order valence-corrected chi connectivity index (χ2v) is 7.12. The molecule has 0 aromatic heterocycles. The summed E-state index contributed by atoms with van der Waals surface area (Å²) in [6.07, 6.45) is 4.04. The molecule has 5 nitrogen and oxygen atoms in total. The van der Waals surface area contributed by atoms with Gasteiger partial charge in [0.2, 0.25) is 0 Å². The normalized spacial score (nSPS) is 15.3. The average Bonchev–Trinajstić information content (AvgIpc) is 3.21. The van der Waals surface area contributed by atoms with Gasteiger partial charge < -0.3 is 15.3 Å². The number of anilines is 2. The van der Waals surface area contributed by atoms with Crippen molar-refractivity contribution >= 4 is 35.1 Å². The molecule has 2 aromatic rings. The van der Waals surface area contributed by atoms with E-state index in [0.717, 1.165) is 24.3 Å². The monoisotopic (exact) mass is 385 g/mol. The zero-order valence-electron chi connectivity index (χ0n) is 15.4. The highest BCUT2D eigenvalue weighted by Gasteiger charge is 2.16. The van der Waals surface area contributed by atoms with Crippen molar-refractivity contribution in [1.29, 1.82) is 0 Å². The SMILES string of the molecule is CC(CO)N=Cc1ccccc1NC(=O)c1ccc(N2CCCC2)cc1Cl. The van der Waals surface area contributed by atoms with Crippen LogP contribution in [0.25, 0.3) is 0 Å². The summed E-state index contributed by atoms with van der Waals surface area (Å²) in [5.41, 5.74) is 2.92. The minimum atomic E-state index is -0.260. The van der Waals surface area contributed by atoms with Gasteiger partial charge in [-0.1, -0.05) is 29.8 Å². The van der Waals surface area contributed by atoms with E-state index in [-0.39, 0.29) is 18.6 Å². The first-order chi connectivity index (χ1) is 13.1. The summed E-state index contributed by atoms with van der Waals surface area (Å²) in [4.78, 5) is 19.3. The number of aliphatic imine (C=N–C) groups is 1. The number of carbonyl (C=O) groups is 1. The molecule has 3 rings (SSSR count). The van der Waals surface area contributed by atoms with E-state index in [4.69, 9.17) is 16.7 Å². The number of amides is 1. The van der Waals surface area contributed by atoms with E-state index in [9.17, 15) is 4.79 Å². The number of halogens is 1. The third-order valence-corrected chi connectivity index (χ3v) is 4.92. The fourth-order valence-corrected chi connectivity index (χ4v) is 3.29. The standard InChI is InChI=1S/C21H24ClN3O2/c1-15(14-26)23-13-16-6-2-3-7-20(16)24-21(27)18-9-8-17(12-19(18)22)25-10-4-5-11-25/h2-3,6-9,12-13,15,26H,4-5,10-11,14H2,1H3,(H,24,27). The van der Waals surface area contributed by atoms with Gasteiger partial charge in [-0.25, -0.2) is 0 Å². The minimum absolute atomic E-state index is 0.0238. The van der Waals surface area contributed by atoms with Crippen LogP contribution in [0.1, 0.15) is 35.7 Å². The first-order valence-corrected chi connectivity index (χ1v) is 9.55. The molecule has 6 heteroatoms. The number of hydrogen-bond acceptors (Lipinski definition) is 4. The lowest BCUT2D eigenvalue weighted by molar-refractivity contribution is 0.102. The predicted octanol–water partition coefficient (Wildman–Crippen LogP) is 3.99. The second-order valence-electron chi connectivity index (χ2n) is 6.71. The van der Waals surface area contributed by atoms with Crippen LogP contribution in [0.3, 0.4) is 0 Å². The van der Waals surface area contributed by atoms with Crippen LogP contribution < -0.4 is 10.2 Å². The summed E-state index contributed by atoms with van der Waals surface area (Å²) in [6, 6.07) is 12.8. The zero-order valence-corrected chi connectivity index (χ0v) is 16.1.